The number of aryl methyl sites for hydroxylation is 1. The van der Waals surface area contributed by atoms with E-state index in [4.69, 9.17) is 5.11 Å². The fourth-order valence-corrected chi connectivity index (χ4v) is 3.02. The van der Waals surface area contributed by atoms with E-state index in [1.807, 2.05) is 26.2 Å². The van der Waals surface area contributed by atoms with Crippen molar-refractivity contribution in [1.82, 2.24) is 14.8 Å². The molecular formula is C15H20F3N3OS. The summed E-state index contributed by atoms with van der Waals surface area (Å²) in [6.07, 6.45) is -2.67. The topological polar surface area (TPSA) is 50.9 Å². The Kier molecular flexibility index (Phi) is 5.15. The highest BCUT2D eigenvalue weighted by Gasteiger charge is 2.36. The summed E-state index contributed by atoms with van der Waals surface area (Å²) >= 11 is 1.50. The van der Waals surface area contributed by atoms with E-state index < -0.39 is 11.9 Å². The van der Waals surface area contributed by atoms with Crippen molar-refractivity contribution in [2.45, 2.75) is 51.7 Å². The van der Waals surface area contributed by atoms with Crippen LogP contribution in [0.25, 0.3) is 0 Å². The second-order valence-electron chi connectivity index (χ2n) is 6.42. The summed E-state index contributed by atoms with van der Waals surface area (Å²) in [7, 11) is 0. The number of hydrogen-bond donors (Lipinski definition) is 1. The molecule has 0 saturated carbocycles. The Morgan fingerprint density at radius 3 is 2.48 bits per heavy atom. The summed E-state index contributed by atoms with van der Waals surface area (Å²) in [6.45, 7) is 6.17. The van der Waals surface area contributed by atoms with Crippen LogP contribution in [-0.4, -0.2) is 26.5 Å². The third kappa shape index (κ3) is 4.54. The molecule has 4 nitrogen and oxygen atoms in total. The van der Waals surface area contributed by atoms with Crippen LogP contribution in [-0.2, 0) is 24.6 Å². The Balaban J connectivity index is 2.23. The molecule has 0 aliphatic heterocycles. The van der Waals surface area contributed by atoms with Crippen molar-refractivity contribution >= 4 is 11.3 Å². The molecule has 2 aromatic rings. The highest BCUT2D eigenvalue weighted by Crippen LogP contribution is 2.31. The first-order chi connectivity index (χ1) is 10.6. The van der Waals surface area contributed by atoms with Gasteiger partial charge in [-0.2, -0.15) is 18.3 Å². The van der Waals surface area contributed by atoms with E-state index >= 15 is 0 Å². The van der Waals surface area contributed by atoms with Crippen LogP contribution in [0, 0.1) is 0 Å². The van der Waals surface area contributed by atoms with E-state index in [-0.39, 0.29) is 37.0 Å². The van der Waals surface area contributed by atoms with Crippen LogP contribution in [0.3, 0.4) is 0 Å². The fraction of sp³-hybridized carbons (Fsp3) is 0.600. The number of thiazole rings is 1. The summed E-state index contributed by atoms with van der Waals surface area (Å²) in [5.74, 6) is 0. The number of aliphatic hydroxyl groups excluding tert-OH is 1. The zero-order valence-corrected chi connectivity index (χ0v) is 14.1. The number of nitrogens with zero attached hydrogens (tertiary/aromatic N) is 3. The molecule has 8 heteroatoms. The van der Waals surface area contributed by atoms with Crippen molar-refractivity contribution in [2.24, 2.45) is 0 Å². The molecule has 2 heterocycles. The quantitative estimate of drug-likeness (QED) is 0.899. The van der Waals surface area contributed by atoms with Gasteiger partial charge in [-0.15, -0.1) is 11.3 Å². The number of halogens is 3. The smallest absolute Gasteiger partial charge is 0.396 e. The molecule has 0 aliphatic carbocycles. The summed E-state index contributed by atoms with van der Waals surface area (Å²) in [5.41, 5.74) is -0.156. The lowest BCUT2D eigenvalue weighted by Crippen LogP contribution is -2.12. The molecule has 1 N–H and O–H groups in total. The van der Waals surface area contributed by atoms with Crippen molar-refractivity contribution < 1.29 is 18.3 Å². The van der Waals surface area contributed by atoms with Gasteiger partial charge >= 0.3 is 6.18 Å². The Labute approximate surface area is 137 Å². The van der Waals surface area contributed by atoms with Gasteiger partial charge < -0.3 is 5.11 Å². The number of rotatable bonds is 5. The molecule has 0 amide bonds. The van der Waals surface area contributed by atoms with Gasteiger partial charge in [0, 0.05) is 29.2 Å². The Bertz CT molecular complexity index is 656. The van der Waals surface area contributed by atoms with Gasteiger partial charge in [-0.1, -0.05) is 20.8 Å². The third-order valence-corrected chi connectivity index (χ3v) is 4.54. The molecule has 2 rings (SSSR count). The molecular weight excluding hydrogens is 327 g/mol. The van der Waals surface area contributed by atoms with Crippen LogP contribution in [0.15, 0.2) is 11.6 Å². The van der Waals surface area contributed by atoms with Crippen molar-refractivity contribution in [3.05, 3.63) is 33.5 Å². The molecule has 2 aromatic heterocycles. The van der Waals surface area contributed by atoms with Crippen LogP contribution < -0.4 is 0 Å². The highest BCUT2D eigenvalue weighted by atomic mass is 32.1. The number of aliphatic hydroxyl groups is 1. The van der Waals surface area contributed by atoms with Gasteiger partial charge in [0.2, 0.25) is 0 Å². The molecule has 0 spiro atoms. The SMILES string of the molecule is CC(C)(C)c1nc(Cn2cc(CCCO)c(C(F)(F)F)n2)cs1. The van der Waals surface area contributed by atoms with Crippen molar-refractivity contribution in [3.8, 4) is 0 Å². The zero-order chi connectivity index (χ0) is 17.3. The van der Waals surface area contributed by atoms with Gasteiger partial charge in [-0.3, -0.25) is 4.68 Å². The lowest BCUT2D eigenvalue weighted by Gasteiger charge is -2.13. The maximum atomic E-state index is 13.0. The number of alkyl halides is 3. The largest absolute Gasteiger partial charge is 0.435 e. The second kappa shape index (κ2) is 6.60. The van der Waals surface area contributed by atoms with E-state index in [0.717, 1.165) is 5.01 Å². The molecule has 0 radical (unpaired) electrons. The monoisotopic (exact) mass is 347 g/mol. The minimum Gasteiger partial charge on any atom is -0.396 e. The van der Waals surface area contributed by atoms with E-state index in [1.165, 1.54) is 22.2 Å². The summed E-state index contributed by atoms with van der Waals surface area (Å²) in [6, 6.07) is 0. The predicted octanol–water partition coefficient (Wildman–Crippen LogP) is 3.63. The minimum absolute atomic E-state index is 0.0869. The first-order valence-corrected chi connectivity index (χ1v) is 8.18. The fourth-order valence-electron chi connectivity index (χ4n) is 2.12. The summed E-state index contributed by atoms with van der Waals surface area (Å²) in [5, 5.41) is 15.3. The molecule has 0 bridgehead atoms. The van der Waals surface area contributed by atoms with Crippen molar-refractivity contribution in [3.63, 3.8) is 0 Å². The third-order valence-electron chi connectivity index (χ3n) is 3.23. The molecule has 0 saturated heterocycles. The van der Waals surface area contributed by atoms with E-state index in [9.17, 15) is 13.2 Å². The Morgan fingerprint density at radius 1 is 1.26 bits per heavy atom. The maximum Gasteiger partial charge on any atom is 0.435 e. The summed E-state index contributed by atoms with van der Waals surface area (Å²) < 4.78 is 40.4. The maximum absolute atomic E-state index is 13.0. The second-order valence-corrected chi connectivity index (χ2v) is 7.28. The number of hydrogen-bond acceptors (Lipinski definition) is 4. The Hall–Kier alpha value is -1.41. The minimum atomic E-state index is -4.49. The molecule has 0 fully saturated rings. The molecule has 128 valence electrons. The standard InChI is InChI=1S/C15H20F3N3OS/c1-14(2,3)13-19-11(9-23-13)8-21-7-10(5-4-6-22)12(20-21)15(16,17)18/h7,9,22H,4-6,8H2,1-3H3. The Morgan fingerprint density at radius 2 is 1.96 bits per heavy atom. The van der Waals surface area contributed by atoms with Crippen LogP contribution >= 0.6 is 11.3 Å². The van der Waals surface area contributed by atoms with E-state index in [0.29, 0.717) is 5.69 Å². The van der Waals surface area contributed by atoms with Crippen LogP contribution in [0.1, 0.15) is 49.2 Å². The lowest BCUT2D eigenvalue weighted by atomic mass is 9.98. The van der Waals surface area contributed by atoms with Gasteiger partial charge in [0.1, 0.15) is 0 Å². The van der Waals surface area contributed by atoms with E-state index in [1.54, 1.807) is 0 Å². The highest BCUT2D eigenvalue weighted by molar-refractivity contribution is 7.09. The van der Waals surface area contributed by atoms with E-state index in [2.05, 4.69) is 10.1 Å². The predicted molar refractivity (Wildman–Crippen MR) is 82.6 cm³/mol. The van der Waals surface area contributed by atoms with Gasteiger partial charge in [0.15, 0.2) is 5.69 Å². The molecule has 0 aromatic carbocycles. The van der Waals surface area contributed by atoms with Gasteiger partial charge in [0.05, 0.1) is 17.2 Å². The van der Waals surface area contributed by atoms with Crippen LogP contribution in [0.5, 0.6) is 0 Å². The lowest BCUT2D eigenvalue weighted by molar-refractivity contribution is -0.142. The average Bonchev–Trinajstić information content (AvgIpc) is 3.02. The zero-order valence-electron chi connectivity index (χ0n) is 13.3. The summed E-state index contributed by atoms with van der Waals surface area (Å²) in [4.78, 5) is 4.48. The van der Waals surface area contributed by atoms with Crippen molar-refractivity contribution in [2.75, 3.05) is 6.61 Å². The molecule has 0 aliphatic rings. The van der Waals surface area contributed by atoms with Crippen LogP contribution in [0.2, 0.25) is 0 Å². The normalized spacial score (nSPS) is 12.8. The van der Waals surface area contributed by atoms with Crippen LogP contribution in [0.4, 0.5) is 13.2 Å². The molecule has 0 atom stereocenters. The first-order valence-electron chi connectivity index (χ1n) is 7.30. The molecule has 0 unspecified atom stereocenters. The number of aromatic nitrogens is 3. The van der Waals surface area contributed by atoms with Gasteiger partial charge in [-0.25, -0.2) is 4.98 Å². The van der Waals surface area contributed by atoms with Gasteiger partial charge in [0.25, 0.3) is 0 Å². The molecule has 23 heavy (non-hydrogen) atoms. The van der Waals surface area contributed by atoms with Crippen molar-refractivity contribution in [1.29, 1.82) is 0 Å². The average molecular weight is 347 g/mol. The first kappa shape index (κ1) is 17.9. The van der Waals surface area contributed by atoms with Gasteiger partial charge in [-0.05, 0) is 12.8 Å².